The van der Waals surface area contributed by atoms with Gasteiger partial charge in [0.25, 0.3) is 0 Å². The highest BCUT2D eigenvalue weighted by Gasteiger charge is 2.34. The third-order valence-corrected chi connectivity index (χ3v) is 2.99. The van der Waals surface area contributed by atoms with Gasteiger partial charge in [-0.15, -0.1) is 0 Å². The van der Waals surface area contributed by atoms with Crippen molar-refractivity contribution in [2.75, 3.05) is 7.11 Å². The second kappa shape index (κ2) is 4.98. The van der Waals surface area contributed by atoms with E-state index in [0.29, 0.717) is 5.56 Å². The van der Waals surface area contributed by atoms with E-state index < -0.39 is 17.4 Å². The molecule has 1 aromatic rings. The van der Waals surface area contributed by atoms with Gasteiger partial charge in [-0.25, -0.2) is 0 Å². The minimum atomic E-state index is -0.736. The molecule has 0 fully saturated rings. The van der Waals surface area contributed by atoms with Crippen molar-refractivity contribution < 1.29 is 9.53 Å². The summed E-state index contributed by atoms with van der Waals surface area (Å²) in [7, 11) is 1.32. The van der Waals surface area contributed by atoms with Gasteiger partial charge in [0.05, 0.1) is 18.7 Å². The minimum absolute atomic E-state index is 0.445. The first kappa shape index (κ1) is 13.2. The average molecular weight is 232 g/mol. The van der Waals surface area contributed by atoms with Crippen LogP contribution >= 0.6 is 0 Å². The Morgan fingerprint density at radius 3 is 2.35 bits per heavy atom. The lowest BCUT2D eigenvalue weighted by atomic mass is 9.78. The van der Waals surface area contributed by atoms with E-state index in [4.69, 9.17) is 11.0 Å². The van der Waals surface area contributed by atoms with E-state index in [2.05, 4.69) is 4.74 Å². The maximum Gasteiger partial charge on any atom is 0.323 e. The zero-order valence-corrected chi connectivity index (χ0v) is 10.2. The van der Waals surface area contributed by atoms with Gasteiger partial charge in [0.15, 0.2) is 0 Å². The van der Waals surface area contributed by atoms with E-state index in [1.807, 2.05) is 19.9 Å². The van der Waals surface area contributed by atoms with Crippen LogP contribution in [0.1, 0.15) is 25.0 Å². The fraction of sp³-hybridized carbons (Fsp3) is 0.385. The van der Waals surface area contributed by atoms with Crippen molar-refractivity contribution in [1.29, 1.82) is 5.26 Å². The lowest BCUT2D eigenvalue weighted by Crippen LogP contribution is -2.47. The molecule has 0 amide bonds. The van der Waals surface area contributed by atoms with Gasteiger partial charge < -0.3 is 10.5 Å². The molecule has 0 aliphatic rings. The van der Waals surface area contributed by atoms with Gasteiger partial charge in [0, 0.05) is 5.41 Å². The summed E-state index contributed by atoms with van der Waals surface area (Å²) in [6.45, 7) is 3.74. The summed E-state index contributed by atoms with van der Waals surface area (Å²) < 4.78 is 4.65. The zero-order valence-electron chi connectivity index (χ0n) is 10.2. The number of carbonyl (C=O) groups excluding carboxylic acids is 1. The average Bonchev–Trinajstić information content (AvgIpc) is 2.36. The number of ether oxygens (including phenoxy) is 1. The van der Waals surface area contributed by atoms with Crippen molar-refractivity contribution in [3.05, 3.63) is 35.4 Å². The number of methoxy groups -OCH3 is 1. The maximum absolute atomic E-state index is 11.5. The van der Waals surface area contributed by atoms with Gasteiger partial charge >= 0.3 is 5.97 Å². The number of nitrogens with zero attached hydrogens (tertiary/aromatic N) is 1. The van der Waals surface area contributed by atoms with E-state index in [-0.39, 0.29) is 0 Å². The molecule has 0 spiro atoms. The van der Waals surface area contributed by atoms with Crippen molar-refractivity contribution >= 4 is 5.97 Å². The Bertz CT molecular complexity index is 443. The number of nitrogens with two attached hydrogens (primary N) is 1. The van der Waals surface area contributed by atoms with Gasteiger partial charge in [-0.05, 0) is 17.7 Å². The molecular weight excluding hydrogens is 216 g/mol. The Morgan fingerprint density at radius 1 is 1.41 bits per heavy atom. The van der Waals surface area contributed by atoms with E-state index in [1.54, 1.807) is 24.3 Å². The SMILES string of the molecule is COC(=O)C(N)C(C)(C)c1ccc(C#N)cc1. The highest BCUT2D eigenvalue weighted by Crippen LogP contribution is 2.26. The number of rotatable bonds is 3. The number of nitriles is 1. The van der Waals surface area contributed by atoms with Crippen LogP contribution in [0, 0.1) is 11.3 Å². The first-order valence-electron chi connectivity index (χ1n) is 5.27. The van der Waals surface area contributed by atoms with Crippen molar-refractivity contribution in [3.8, 4) is 6.07 Å². The largest absolute Gasteiger partial charge is 0.468 e. The molecule has 0 radical (unpaired) electrons. The molecule has 1 atom stereocenters. The third-order valence-electron chi connectivity index (χ3n) is 2.99. The van der Waals surface area contributed by atoms with E-state index >= 15 is 0 Å². The Kier molecular flexibility index (Phi) is 3.87. The summed E-state index contributed by atoms with van der Waals surface area (Å²) in [4.78, 5) is 11.5. The third kappa shape index (κ3) is 2.63. The second-order valence-electron chi connectivity index (χ2n) is 4.41. The highest BCUT2D eigenvalue weighted by atomic mass is 16.5. The minimum Gasteiger partial charge on any atom is -0.468 e. The van der Waals surface area contributed by atoms with Crippen LogP contribution in [0.4, 0.5) is 0 Å². The number of carbonyl (C=O) groups is 1. The fourth-order valence-corrected chi connectivity index (χ4v) is 1.58. The van der Waals surface area contributed by atoms with E-state index in [1.165, 1.54) is 7.11 Å². The molecule has 1 aromatic carbocycles. The summed E-state index contributed by atoms with van der Waals surface area (Å²) >= 11 is 0. The molecule has 2 N–H and O–H groups in total. The Hall–Kier alpha value is -1.86. The molecule has 0 aliphatic carbocycles. The molecule has 0 saturated heterocycles. The Balaban J connectivity index is 3.04. The topological polar surface area (TPSA) is 76.1 Å². The standard InChI is InChI=1S/C13H16N2O2/c1-13(2,11(15)12(16)17-3)10-6-4-9(8-14)5-7-10/h4-7,11H,15H2,1-3H3. The molecule has 17 heavy (non-hydrogen) atoms. The smallest absolute Gasteiger partial charge is 0.323 e. The lowest BCUT2D eigenvalue weighted by molar-refractivity contribution is -0.143. The van der Waals surface area contributed by atoms with Crippen LogP contribution < -0.4 is 5.73 Å². The van der Waals surface area contributed by atoms with Gasteiger partial charge in [0.2, 0.25) is 0 Å². The summed E-state index contributed by atoms with van der Waals surface area (Å²) in [6.07, 6.45) is 0. The molecule has 1 rings (SSSR count). The van der Waals surface area contributed by atoms with Crippen molar-refractivity contribution in [3.63, 3.8) is 0 Å². The Labute approximate surface area is 101 Å². The first-order chi connectivity index (χ1) is 7.93. The van der Waals surface area contributed by atoms with E-state index in [0.717, 1.165) is 5.56 Å². The van der Waals surface area contributed by atoms with Crippen LogP contribution in [0.5, 0.6) is 0 Å². The van der Waals surface area contributed by atoms with Gasteiger partial charge in [-0.3, -0.25) is 4.79 Å². The molecule has 90 valence electrons. The molecule has 0 saturated carbocycles. The summed E-state index contributed by atoms with van der Waals surface area (Å²) in [6, 6.07) is 8.34. The van der Waals surface area contributed by atoms with E-state index in [9.17, 15) is 4.79 Å². The van der Waals surface area contributed by atoms with Crippen LogP contribution in [0.25, 0.3) is 0 Å². The van der Waals surface area contributed by atoms with Crippen molar-refractivity contribution in [2.24, 2.45) is 5.73 Å². The molecule has 0 aromatic heterocycles. The Morgan fingerprint density at radius 2 is 1.94 bits per heavy atom. The van der Waals surface area contributed by atoms with Gasteiger partial charge in [-0.1, -0.05) is 26.0 Å². The summed E-state index contributed by atoms with van der Waals surface area (Å²) in [5, 5.41) is 8.72. The van der Waals surface area contributed by atoms with Crippen LogP contribution in [-0.4, -0.2) is 19.1 Å². The van der Waals surface area contributed by atoms with Crippen LogP contribution in [0.15, 0.2) is 24.3 Å². The molecular formula is C13H16N2O2. The normalized spacial score (nSPS) is 12.6. The lowest BCUT2D eigenvalue weighted by Gasteiger charge is -2.30. The molecule has 4 nitrogen and oxygen atoms in total. The summed E-state index contributed by atoms with van der Waals surface area (Å²) in [5.74, 6) is -0.445. The van der Waals surface area contributed by atoms with Crippen LogP contribution in [0.2, 0.25) is 0 Å². The van der Waals surface area contributed by atoms with Crippen molar-refractivity contribution in [2.45, 2.75) is 25.3 Å². The van der Waals surface area contributed by atoms with Crippen LogP contribution in [0.3, 0.4) is 0 Å². The summed E-state index contributed by atoms with van der Waals surface area (Å²) in [5.41, 5.74) is 6.81. The predicted molar refractivity (Wildman–Crippen MR) is 64.2 cm³/mol. The van der Waals surface area contributed by atoms with Gasteiger partial charge in [-0.2, -0.15) is 5.26 Å². The number of esters is 1. The zero-order chi connectivity index (χ0) is 13.1. The van der Waals surface area contributed by atoms with Crippen molar-refractivity contribution in [1.82, 2.24) is 0 Å². The fourth-order valence-electron chi connectivity index (χ4n) is 1.58. The predicted octanol–water partition coefficient (Wildman–Crippen LogP) is 1.34. The van der Waals surface area contributed by atoms with Gasteiger partial charge in [0.1, 0.15) is 6.04 Å². The molecule has 0 heterocycles. The second-order valence-corrected chi connectivity index (χ2v) is 4.41. The highest BCUT2D eigenvalue weighted by molar-refractivity contribution is 5.77. The first-order valence-corrected chi connectivity index (χ1v) is 5.27. The quantitative estimate of drug-likeness (QED) is 0.798. The maximum atomic E-state index is 11.5. The number of hydrogen-bond donors (Lipinski definition) is 1. The molecule has 1 unspecified atom stereocenters. The monoisotopic (exact) mass is 232 g/mol. The molecule has 4 heteroatoms. The number of hydrogen-bond acceptors (Lipinski definition) is 4. The molecule has 0 aliphatic heterocycles. The molecule has 0 bridgehead atoms. The van der Waals surface area contributed by atoms with Crippen LogP contribution in [-0.2, 0) is 14.9 Å². The number of benzene rings is 1.